The number of methoxy groups -OCH3 is 1. The van der Waals surface area contributed by atoms with Gasteiger partial charge in [0, 0.05) is 5.57 Å². The van der Waals surface area contributed by atoms with Crippen LogP contribution < -0.4 is 4.90 Å². The molecule has 1 unspecified atom stereocenters. The van der Waals surface area contributed by atoms with Gasteiger partial charge in [0.2, 0.25) is 0 Å². The minimum atomic E-state index is -0.259. The zero-order chi connectivity index (χ0) is 15.1. The Kier molecular flexibility index (Phi) is 5.29. The van der Waals surface area contributed by atoms with Gasteiger partial charge in [0.1, 0.15) is 6.54 Å². The van der Waals surface area contributed by atoms with Crippen molar-refractivity contribution in [3.8, 4) is 0 Å². The first-order chi connectivity index (χ1) is 10.2. The number of carbonyl (C=O) groups excluding carboxylic acids is 1. The largest absolute Gasteiger partial charge is 0.514 e. The summed E-state index contributed by atoms with van der Waals surface area (Å²) < 4.78 is 4.80. The summed E-state index contributed by atoms with van der Waals surface area (Å²) in [6.45, 7) is 0.575. The number of alkyl carbamates (subject to hydrolysis) is 2. The van der Waals surface area contributed by atoms with E-state index in [1.54, 1.807) is 0 Å². The van der Waals surface area contributed by atoms with E-state index < -0.39 is 0 Å². The number of likely N-dealkylation sites (N-methyl/N-ethyl adjacent to an activating group) is 1. The highest BCUT2D eigenvalue weighted by molar-refractivity contribution is 5.82. The summed E-state index contributed by atoms with van der Waals surface area (Å²) in [5, 5.41) is 0. The third-order valence-electron chi connectivity index (χ3n) is 3.27. The molecule has 3 nitrogen and oxygen atoms in total. The smallest absolute Gasteiger partial charge is 0.423 e. The second-order valence-electron chi connectivity index (χ2n) is 4.89. The summed E-state index contributed by atoms with van der Waals surface area (Å²) in [5.74, 6) is 0. The molecule has 0 aromatic heterocycles. The van der Waals surface area contributed by atoms with E-state index in [1.807, 2.05) is 43.4 Å². The van der Waals surface area contributed by atoms with Gasteiger partial charge in [0.15, 0.2) is 0 Å². The molecule has 3 heteroatoms. The van der Waals surface area contributed by atoms with Gasteiger partial charge in [-0.15, -0.1) is 0 Å². The maximum Gasteiger partial charge on any atom is 0.514 e. The lowest BCUT2D eigenvalue weighted by molar-refractivity contribution is -0.792. The first kappa shape index (κ1) is 15.0. The van der Waals surface area contributed by atoms with Gasteiger partial charge in [-0.3, -0.25) is 0 Å². The molecule has 0 fully saturated rings. The summed E-state index contributed by atoms with van der Waals surface area (Å²) in [5.41, 5.74) is 3.34. The Labute approximate surface area is 125 Å². The van der Waals surface area contributed by atoms with Crippen LogP contribution in [-0.2, 0) is 4.74 Å². The standard InChI is InChI=1S/C18H19NO2/c1-19(18(20)21-2)14-17(16-11-7-4-8-12-16)13-15-9-5-3-6-10-15/h3-13H,14H2,1-2H3/p+1/b17-13+. The molecular weight excluding hydrogens is 262 g/mol. The number of hydrogen-bond donors (Lipinski definition) is 1. The van der Waals surface area contributed by atoms with E-state index in [2.05, 4.69) is 30.3 Å². The lowest BCUT2D eigenvalue weighted by atomic mass is 10.0. The molecule has 0 heterocycles. The average molecular weight is 282 g/mol. The summed E-state index contributed by atoms with van der Waals surface area (Å²) in [6.07, 6.45) is 1.85. The van der Waals surface area contributed by atoms with E-state index in [9.17, 15) is 4.79 Å². The molecule has 2 aromatic carbocycles. The molecule has 0 spiro atoms. The summed E-state index contributed by atoms with van der Waals surface area (Å²) >= 11 is 0. The molecule has 0 bridgehead atoms. The van der Waals surface area contributed by atoms with Crippen molar-refractivity contribution in [1.29, 1.82) is 0 Å². The maximum absolute atomic E-state index is 11.6. The fourth-order valence-corrected chi connectivity index (χ4v) is 2.17. The number of benzene rings is 2. The Balaban J connectivity index is 2.31. The Morgan fingerprint density at radius 1 is 1.05 bits per heavy atom. The number of rotatable bonds is 4. The van der Waals surface area contributed by atoms with E-state index in [1.165, 1.54) is 7.11 Å². The van der Waals surface area contributed by atoms with Crippen LogP contribution in [-0.4, -0.2) is 26.8 Å². The summed E-state index contributed by atoms with van der Waals surface area (Å²) in [4.78, 5) is 12.3. The van der Waals surface area contributed by atoms with Crippen molar-refractivity contribution in [2.24, 2.45) is 0 Å². The van der Waals surface area contributed by atoms with Crippen LogP contribution in [0.5, 0.6) is 0 Å². The molecule has 0 aliphatic heterocycles. The quantitative estimate of drug-likeness (QED) is 0.874. The minimum Gasteiger partial charge on any atom is -0.423 e. The van der Waals surface area contributed by atoms with Gasteiger partial charge in [0.25, 0.3) is 0 Å². The molecule has 1 N–H and O–H groups in total. The molecule has 0 aliphatic carbocycles. The minimum absolute atomic E-state index is 0.259. The Hall–Kier alpha value is -2.39. The van der Waals surface area contributed by atoms with Gasteiger partial charge in [-0.2, -0.15) is 4.79 Å². The Bertz CT molecular complexity index is 606. The van der Waals surface area contributed by atoms with Gasteiger partial charge in [-0.1, -0.05) is 60.7 Å². The normalized spacial score (nSPS) is 12.8. The fourth-order valence-electron chi connectivity index (χ4n) is 2.17. The second kappa shape index (κ2) is 7.41. The van der Waals surface area contributed by atoms with E-state index >= 15 is 0 Å². The Morgan fingerprint density at radius 3 is 2.19 bits per heavy atom. The van der Waals surface area contributed by atoms with Crippen LogP contribution in [0.3, 0.4) is 0 Å². The van der Waals surface area contributed by atoms with E-state index in [4.69, 9.17) is 4.74 Å². The van der Waals surface area contributed by atoms with Crippen molar-refractivity contribution < 1.29 is 14.4 Å². The highest BCUT2D eigenvalue weighted by atomic mass is 16.5. The molecule has 21 heavy (non-hydrogen) atoms. The number of hydrogen-bond acceptors (Lipinski definition) is 2. The van der Waals surface area contributed by atoms with Crippen LogP contribution in [0, 0.1) is 0 Å². The van der Waals surface area contributed by atoms with Crippen LogP contribution in [0.25, 0.3) is 11.6 Å². The third kappa shape index (κ3) is 4.29. The molecular formula is C18H20NO2+. The number of quaternary nitrogens is 1. The van der Waals surface area contributed by atoms with Crippen molar-refractivity contribution in [2.75, 3.05) is 20.7 Å². The highest BCUT2D eigenvalue weighted by Gasteiger charge is 2.17. The molecule has 1 atom stereocenters. The summed E-state index contributed by atoms with van der Waals surface area (Å²) in [6, 6.07) is 20.2. The number of nitrogens with one attached hydrogen (secondary N) is 1. The zero-order valence-corrected chi connectivity index (χ0v) is 12.4. The lowest BCUT2D eigenvalue weighted by Crippen LogP contribution is -3.11. The van der Waals surface area contributed by atoms with Crippen molar-refractivity contribution in [3.05, 3.63) is 71.8 Å². The van der Waals surface area contributed by atoms with Crippen LogP contribution in [0.2, 0.25) is 0 Å². The first-order valence-electron chi connectivity index (χ1n) is 6.92. The van der Waals surface area contributed by atoms with Crippen LogP contribution in [0.1, 0.15) is 11.1 Å². The predicted molar refractivity (Wildman–Crippen MR) is 84.9 cm³/mol. The fraction of sp³-hybridized carbons (Fsp3) is 0.167. The van der Waals surface area contributed by atoms with E-state index in [0.29, 0.717) is 11.4 Å². The first-order valence-corrected chi connectivity index (χ1v) is 6.92. The lowest BCUT2D eigenvalue weighted by Gasteiger charge is -2.13. The SMILES string of the molecule is COC(=O)[NH+](C)C/C(=C\c1ccccc1)c1ccccc1. The molecule has 1 amide bonds. The van der Waals surface area contributed by atoms with E-state index in [0.717, 1.165) is 16.7 Å². The van der Waals surface area contributed by atoms with E-state index in [-0.39, 0.29) is 6.09 Å². The highest BCUT2D eigenvalue weighted by Crippen LogP contribution is 2.16. The van der Waals surface area contributed by atoms with Crippen LogP contribution in [0.15, 0.2) is 60.7 Å². The molecule has 108 valence electrons. The maximum atomic E-state index is 11.6. The molecule has 0 saturated heterocycles. The van der Waals surface area contributed by atoms with Gasteiger partial charge in [-0.25, -0.2) is 4.90 Å². The third-order valence-corrected chi connectivity index (χ3v) is 3.27. The topological polar surface area (TPSA) is 30.7 Å². The number of ether oxygens (including phenoxy) is 1. The van der Waals surface area contributed by atoms with Gasteiger partial charge < -0.3 is 4.74 Å². The average Bonchev–Trinajstić information content (AvgIpc) is 2.55. The zero-order valence-electron chi connectivity index (χ0n) is 12.4. The molecule has 2 rings (SSSR count). The Morgan fingerprint density at radius 2 is 1.62 bits per heavy atom. The van der Waals surface area contributed by atoms with Crippen molar-refractivity contribution in [2.45, 2.75) is 0 Å². The molecule has 2 aromatic rings. The van der Waals surface area contributed by atoms with Crippen LogP contribution in [0.4, 0.5) is 4.79 Å². The number of carbonyl (C=O) groups is 1. The van der Waals surface area contributed by atoms with Crippen molar-refractivity contribution in [3.63, 3.8) is 0 Å². The molecule has 0 radical (unpaired) electrons. The number of amides is 1. The van der Waals surface area contributed by atoms with Gasteiger partial charge in [-0.05, 0) is 17.2 Å². The summed E-state index contributed by atoms with van der Waals surface area (Å²) in [7, 11) is 3.22. The van der Waals surface area contributed by atoms with Gasteiger partial charge >= 0.3 is 6.09 Å². The second-order valence-corrected chi connectivity index (χ2v) is 4.89. The predicted octanol–water partition coefficient (Wildman–Crippen LogP) is 2.51. The molecule has 0 saturated carbocycles. The monoisotopic (exact) mass is 282 g/mol. The molecule has 0 aliphatic rings. The van der Waals surface area contributed by atoms with Crippen LogP contribution >= 0.6 is 0 Å². The van der Waals surface area contributed by atoms with Gasteiger partial charge in [0.05, 0.1) is 14.2 Å². The van der Waals surface area contributed by atoms with Crippen molar-refractivity contribution in [1.82, 2.24) is 0 Å². The van der Waals surface area contributed by atoms with Crippen molar-refractivity contribution >= 4 is 17.7 Å².